The zero-order chi connectivity index (χ0) is 11.1. The number of nitrogens with zero attached hydrogens (tertiary/aromatic N) is 2. The summed E-state index contributed by atoms with van der Waals surface area (Å²) >= 11 is 0. The molecule has 0 rings (SSSR count). The van der Waals surface area contributed by atoms with Crippen LogP contribution in [0.3, 0.4) is 0 Å². The van der Waals surface area contributed by atoms with Crippen LogP contribution in [0.5, 0.6) is 0 Å². The summed E-state index contributed by atoms with van der Waals surface area (Å²) in [7, 11) is 6.39. The van der Waals surface area contributed by atoms with Crippen LogP contribution in [0, 0.1) is 5.92 Å². The van der Waals surface area contributed by atoms with Crippen molar-refractivity contribution in [2.45, 2.75) is 26.3 Å². The van der Waals surface area contributed by atoms with E-state index in [1.807, 2.05) is 0 Å². The average molecular weight is 201 g/mol. The van der Waals surface area contributed by atoms with E-state index in [4.69, 9.17) is 5.73 Å². The minimum absolute atomic E-state index is 0.528. The van der Waals surface area contributed by atoms with Gasteiger partial charge in [0.05, 0.1) is 0 Å². The van der Waals surface area contributed by atoms with E-state index in [0.29, 0.717) is 12.0 Å². The van der Waals surface area contributed by atoms with Crippen molar-refractivity contribution in [1.82, 2.24) is 9.80 Å². The lowest BCUT2D eigenvalue weighted by molar-refractivity contribution is 0.171. The van der Waals surface area contributed by atoms with Crippen LogP contribution in [-0.4, -0.2) is 56.6 Å². The van der Waals surface area contributed by atoms with Gasteiger partial charge in [-0.15, -0.1) is 0 Å². The van der Waals surface area contributed by atoms with E-state index in [2.05, 4.69) is 44.8 Å². The Morgan fingerprint density at radius 2 is 1.71 bits per heavy atom. The standard InChI is InChI=1S/C11H27N3/c1-6-10(2)11(9-12)14(5)8-7-13(3)4/h10-11H,6-9,12H2,1-5H3. The lowest BCUT2D eigenvalue weighted by Gasteiger charge is -2.32. The van der Waals surface area contributed by atoms with E-state index in [9.17, 15) is 0 Å². The minimum atomic E-state index is 0.528. The van der Waals surface area contributed by atoms with E-state index in [0.717, 1.165) is 19.6 Å². The lowest BCUT2D eigenvalue weighted by atomic mass is 9.98. The molecule has 0 spiro atoms. The van der Waals surface area contributed by atoms with E-state index in [-0.39, 0.29) is 0 Å². The highest BCUT2D eigenvalue weighted by Gasteiger charge is 2.18. The zero-order valence-corrected chi connectivity index (χ0v) is 10.5. The van der Waals surface area contributed by atoms with Crippen molar-refractivity contribution in [3.63, 3.8) is 0 Å². The van der Waals surface area contributed by atoms with Gasteiger partial charge in [-0.1, -0.05) is 20.3 Å². The molecular formula is C11H27N3. The van der Waals surface area contributed by atoms with Crippen LogP contribution in [0.4, 0.5) is 0 Å². The summed E-state index contributed by atoms with van der Waals surface area (Å²) in [4.78, 5) is 4.59. The Labute approximate surface area is 89.2 Å². The molecule has 0 aromatic carbocycles. The monoisotopic (exact) mass is 201 g/mol. The first-order valence-corrected chi connectivity index (χ1v) is 5.57. The Bertz CT molecular complexity index is 136. The van der Waals surface area contributed by atoms with Crippen molar-refractivity contribution < 1.29 is 0 Å². The van der Waals surface area contributed by atoms with E-state index < -0.39 is 0 Å². The van der Waals surface area contributed by atoms with Gasteiger partial charge in [-0.3, -0.25) is 0 Å². The molecule has 2 atom stereocenters. The molecule has 2 unspecified atom stereocenters. The van der Waals surface area contributed by atoms with Crippen molar-refractivity contribution in [2.24, 2.45) is 11.7 Å². The van der Waals surface area contributed by atoms with Crippen molar-refractivity contribution in [2.75, 3.05) is 40.8 Å². The van der Waals surface area contributed by atoms with E-state index >= 15 is 0 Å². The first kappa shape index (κ1) is 13.9. The molecule has 86 valence electrons. The quantitative estimate of drug-likeness (QED) is 0.663. The third-order valence-electron chi connectivity index (χ3n) is 3.01. The molecule has 3 heteroatoms. The van der Waals surface area contributed by atoms with Gasteiger partial charge in [0.1, 0.15) is 0 Å². The smallest absolute Gasteiger partial charge is 0.0241 e. The Morgan fingerprint density at radius 1 is 1.14 bits per heavy atom. The Kier molecular flexibility index (Phi) is 7.15. The SMILES string of the molecule is CCC(C)C(CN)N(C)CCN(C)C. The van der Waals surface area contributed by atoms with Gasteiger partial charge in [-0.2, -0.15) is 0 Å². The highest BCUT2D eigenvalue weighted by molar-refractivity contribution is 4.75. The summed E-state index contributed by atoms with van der Waals surface area (Å²) in [5, 5.41) is 0. The minimum Gasteiger partial charge on any atom is -0.329 e. The van der Waals surface area contributed by atoms with Crippen molar-refractivity contribution in [1.29, 1.82) is 0 Å². The average Bonchev–Trinajstić information content (AvgIpc) is 2.15. The Balaban J connectivity index is 3.97. The van der Waals surface area contributed by atoms with Gasteiger partial charge in [-0.25, -0.2) is 0 Å². The molecule has 0 aromatic heterocycles. The van der Waals surface area contributed by atoms with Gasteiger partial charge >= 0.3 is 0 Å². The number of nitrogens with two attached hydrogens (primary N) is 1. The molecule has 2 N–H and O–H groups in total. The summed E-state index contributed by atoms with van der Waals surface area (Å²) in [5.41, 5.74) is 5.80. The third kappa shape index (κ3) is 4.94. The molecule has 0 aromatic rings. The zero-order valence-electron chi connectivity index (χ0n) is 10.5. The Hall–Kier alpha value is -0.120. The molecule has 0 aliphatic rings. The molecule has 0 radical (unpaired) electrons. The summed E-state index contributed by atoms with van der Waals surface area (Å²) < 4.78 is 0. The summed E-state index contributed by atoms with van der Waals surface area (Å²) in [5.74, 6) is 0.687. The molecule has 0 aliphatic carbocycles. The molecule has 3 nitrogen and oxygen atoms in total. The predicted molar refractivity (Wildman–Crippen MR) is 63.5 cm³/mol. The van der Waals surface area contributed by atoms with Crippen LogP contribution >= 0.6 is 0 Å². The van der Waals surface area contributed by atoms with Crippen LogP contribution in [0.25, 0.3) is 0 Å². The maximum Gasteiger partial charge on any atom is 0.0241 e. The van der Waals surface area contributed by atoms with Gasteiger partial charge < -0.3 is 15.5 Å². The molecule has 0 saturated heterocycles. The summed E-state index contributed by atoms with van der Waals surface area (Å²) in [6.45, 7) is 7.47. The molecule has 14 heavy (non-hydrogen) atoms. The fourth-order valence-corrected chi connectivity index (χ4v) is 1.64. The summed E-state index contributed by atoms with van der Waals surface area (Å²) in [6.07, 6.45) is 1.20. The van der Waals surface area contributed by atoms with Gasteiger partial charge in [-0.05, 0) is 27.1 Å². The Morgan fingerprint density at radius 3 is 2.07 bits per heavy atom. The van der Waals surface area contributed by atoms with E-state index in [1.54, 1.807) is 0 Å². The normalized spacial score (nSPS) is 16.3. The van der Waals surface area contributed by atoms with Crippen molar-refractivity contribution in [3.8, 4) is 0 Å². The highest BCUT2D eigenvalue weighted by atomic mass is 15.2. The van der Waals surface area contributed by atoms with Crippen LogP contribution in [-0.2, 0) is 0 Å². The van der Waals surface area contributed by atoms with E-state index in [1.165, 1.54) is 6.42 Å². The largest absolute Gasteiger partial charge is 0.329 e. The number of hydrogen-bond donors (Lipinski definition) is 1. The number of hydrogen-bond acceptors (Lipinski definition) is 3. The molecular weight excluding hydrogens is 174 g/mol. The molecule has 0 aliphatic heterocycles. The lowest BCUT2D eigenvalue weighted by Crippen LogP contribution is -2.44. The fraction of sp³-hybridized carbons (Fsp3) is 1.00. The van der Waals surface area contributed by atoms with Gasteiger partial charge in [0.2, 0.25) is 0 Å². The second-order valence-corrected chi connectivity index (χ2v) is 4.47. The van der Waals surface area contributed by atoms with Crippen LogP contribution < -0.4 is 5.73 Å². The molecule has 0 amide bonds. The van der Waals surface area contributed by atoms with Crippen LogP contribution in [0.15, 0.2) is 0 Å². The van der Waals surface area contributed by atoms with Crippen molar-refractivity contribution in [3.05, 3.63) is 0 Å². The molecule has 0 saturated carbocycles. The second kappa shape index (κ2) is 7.21. The molecule has 0 heterocycles. The molecule has 0 bridgehead atoms. The van der Waals surface area contributed by atoms with Crippen LogP contribution in [0.2, 0.25) is 0 Å². The third-order valence-corrected chi connectivity index (χ3v) is 3.01. The second-order valence-electron chi connectivity index (χ2n) is 4.47. The maximum absolute atomic E-state index is 5.80. The van der Waals surface area contributed by atoms with Gasteiger partial charge in [0.15, 0.2) is 0 Å². The van der Waals surface area contributed by atoms with Gasteiger partial charge in [0, 0.05) is 25.7 Å². The molecule has 0 fully saturated rings. The fourth-order valence-electron chi connectivity index (χ4n) is 1.64. The van der Waals surface area contributed by atoms with Gasteiger partial charge in [0.25, 0.3) is 0 Å². The number of rotatable bonds is 7. The first-order chi connectivity index (χ1) is 6.52. The maximum atomic E-state index is 5.80. The predicted octanol–water partition coefficient (Wildman–Crippen LogP) is 0.853. The first-order valence-electron chi connectivity index (χ1n) is 5.57. The number of likely N-dealkylation sites (N-methyl/N-ethyl adjacent to an activating group) is 2. The topological polar surface area (TPSA) is 32.5 Å². The van der Waals surface area contributed by atoms with Crippen LogP contribution in [0.1, 0.15) is 20.3 Å². The highest BCUT2D eigenvalue weighted by Crippen LogP contribution is 2.11. The van der Waals surface area contributed by atoms with Crippen molar-refractivity contribution >= 4 is 0 Å². The summed E-state index contributed by atoms with van der Waals surface area (Å²) in [6, 6.07) is 0.528.